The van der Waals surface area contributed by atoms with Crippen LogP contribution in [-0.4, -0.2) is 5.91 Å². The van der Waals surface area contributed by atoms with E-state index in [9.17, 15) is 4.79 Å². The lowest BCUT2D eigenvalue weighted by atomic mass is 10.1. The Balaban J connectivity index is 1.56. The van der Waals surface area contributed by atoms with Gasteiger partial charge in [0, 0.05) is 35.0 Å². The Morgan fingerprint density at radius 1 is 1.25 bits per heavy atom. The Hall–Kier alpha value is -1.65. The number of aryl methyl sites for hydroxylation is 2. The molecule has 0 bridgehead atoms. The largest absolute Gasteiger partial charge is 0.326 e. The Morgan fingerprint density at radius 3 is 2.90 bits per heavy atom. The van der Waals surface area contributed by atoms with E-state index in [1.165, 1.54) is 20.9 Å². The van der Waals surface area contributed by atoms with Crippen LogP contribution < -0.4 is 10.6 Å². The van der Waals surface area contributed by atoms with Crippen molar-refractivity contribution in [2.24, 2.45) is 0 Å². The summed E-state index contributed by atoms with van der Waals surface area (Å²) in [5, 5.41) is 6.29. The van der Waals surface area contributed by atoms with Gasteiger partial charge in [-0.25, -0.2) is 0 Å². The highest BCUT2D eigenvalue weighted by Crippen LogP contribution is 2.21. The first kappa shape index (κ1) is 13.3. The average Bonchev–Trinajstić information content (AvgIpc) is 3.04. The minimum Gasteiger partial charge on any atom is -0.326 e. The van der Waals surface area contributed by atoms with Crippen molar-refractivity contribution in [3.05, 3.63) is 51.2 Å². The molecule has 104 valence electrons. The fourth-order valence-corrected chi connectivity index (χ4v) is 3.34. The standard InChI is InChI=1S/C16H18N2OS/c1-11-2-5-15(20-11)6-7-16(19)18-14-4-3-12-9-17-10-13(12)8-14/h2-5,8,17H,6-7,9-10H2,1H3,(H,18,19). The number of anilines is 1. The smallest absolute Gasteiger partial charge is 0.224 e. The molecule has 0 atom stereocenters. The number of rotatable bonds is 4. The lowest BCUT2D eigenvalue weighted by molar-refractivity contribution is -0.116. The molecule has 0 spiro atoms. The van der Waals surface area contributed by atoms with Crippen molar-refractivity contribution in [3.8, 4) is 0 Å². The van der Waals surface area contributed by atoms with Crippen LogP contribution in [0.3, 0.4) is 0 Å². The SMILES string of the molecule is Cc1ccc(CCC(=O)Nc2ccc3c(c2)CNC3)s1. The van der Waals surface area contributed by atoms with E-state index in [4.69, 9.17) is 0 Å². The Kier molecular flexibility index (Phi) is 3.85. The summed E-state index contributed by atoms with van der Waals surface area (Å²) in [5.41, 5.74) is 3.52. The van der Waals surface area contributed by atoms with E-state index < -0.39 is 0 Å². The molecule has 3 nitrogen and oxygen atoms in total. The van der Waals surface area contributed by atoms with Crippen molar-refractivity contribution in [3.63, 3.8) is 0 Å². The van der Waals surface area contributed by atoms with Crippen molar-refractivity contribution >= 4 is 22.9 Å². The van der Waals surface area contributed by atoms with Crippen molar-refractivity contribution in [2.45, 2.75) is 32.9 Å². The topological polar surface area (TPSA) is 41.1 Å². The molecule has 2 N–H and O–H groups in total. The van der Waals surface area contributed by atoms with Gasteiger partial charge >= 0.3 is 0 Å². The van der Waals surface area contributed by atoms with E-state index in [2.05, 4.69) is 41.8 Å². The molecule has 0 fully saturated rings. The molecule has 2 aromatic rings. The first-order valence-electron chi connectivity index (χ1n) is 6.88. The third kappa shape index (κ3) is 3.08. The fraction of sp³-hybridized carbons (Fsp3) is 0.312. The Bertz CT molecular complexity index is 633. The van der Waals surface area contributed by atoms with Gasteiger partial charge in [-0.3, -0.25) is 4.79 Å². The predicted octanol–water partition coefficient (Wildman–Crippen LogP) is 3.23. The second-order valence-corrected chi connectivity index (χ2v) is 6.52. The van der Waals surface area contributed by atoms with E-state index in [1.807, 2.05) is 6.07 Å². The molecular weight excluding hydrogens is 268 g/mol. The van der Waals surface area contributed by atoms with Crippen molar-refractivity contribution in [1.29, 1.82) is 0 Å². The van der Waals surface area contributed by atoms with Crippen LogP contribution in [0.25, 0.3) is 0 Å². The predicted molar refractivity (Wildman–Crippen MR) is 83.0 cm³/mol. The first-order valence-corrected chi connectivity index (χ1v) is 7.70. The van der Waals surface area contributed by atoms with Crippen LogP contribution in [-0.2, 0) is 24.3 Å². The molecule has 0 aliphatic carbocycles. The fourth-order valence-electron chi connectivity index (χ4n) is 2.45. The van der Waals surface area contributed by atoms with Crippen molar-refractivity contribution in [1.82, 2.24) is 5.32 Å². The van der Waals surface area contributed by atoms with Gasteiger partial charge in [-0.1, -0.05) is 6.07 Å². The maximum Gasteiger partial charge on any atom is 0.224 e. The number of carbonyl (C=O) groups excluding carboxylic acids is 1. The molecule has 0 unspecified atom stereocenters. The minimum absolute atomic E-state index is 0.0851. The molecular formula is C16H18N2OS. The summed E-state index contributed by atoms with van der Waals surface area (Å²) in [4.78, 5) is 14.5. The highest BCUT2D eigenvalue weighted by atomic mass is 32.1. The van der Waals surface area contributed by atoms with Gasteiger partial charge in [0.1, 0.15) is 0 Å². The molecule has 20 heavy (non-hydrogen) atoms. The van der Waals surface area contributed by atoms with E-state index >= 15 is 0 Å². The highest BCUT2D eigenvalue weighted by Gasteiger charge is 2.11. The maximum absolute atomic E-state index is 12.0. The van der Waals surface area contributed by atoms with Crippen LogP contribution in [0.4, 0.5) is 5.69 Å². The third-order valence-corrected chi connectivity index (χ3v) is 4.58. The second kappa shape index (κ2) is 5.77. The summed E-state index contributed by atoms with van der Waals surface area (Å²) in [6.45, 7) is 3.92. The van der Waals surface area contributed by atoms with Gasteiger partial charge in [0.15, 0.2) is 0 Å². The zero-order chi connectivity index (χ0) is 13.9. The maximum atomic E-state index is 12.0. The zero-order valence-electron chi connectivity index (χ0n) is 11.5. The van der Waals surface area contributed by atoms with E-state index in [1.54, 1.807) is 11.3 Å². The number of benzene rings is 1. The Labute approximate surface area is 123 Å². The number of carbonyl (C=O) groups is 1. The van der Waals surface area contributed by atoms with Gasteiger partial charge in [-0.2, -0.15) is 0 Å². The molecule has 2 heterocycles. The summed E-state index contributed by atoms with van der Waals surface area (Å²) in [7, 11) is 0. The zero-order valence-corrected chi connectivity index (χ0v) is 12.3. The molecule has 3 rings (SSSR count). The van der Waals surface area contributed by atoms with E-state index in [0.717, 1.165) is 25.2 Å². The van der Waals surface area contributed by atoms with Gasteiger partial charge in [0.25, 0.3) is 0 Å². The normalized spacial score (nSPS) is 13.2. The lowest BCUT2D eigenvalue weighted by Gasteiger charge is -2.06. The molecule has 1 aliphatic heterocycles. The quantitative estimate of drug-likeness (QED) is 0.906. The van der Waals surface area contributed by atoms with Gasteiger partial charge < -0.3 is 10.6 Å². The Morgan fingerprint density at radius 2 is 2.10 bits per heavy atom. The molecule has 1 aromatic heterocycles. The third-order valence-electron chi connectivity index (χ3n) is 3.52. The van der Waals surface area contributed by atoms with Gasteiger partial charge in [0.05, 0.1) is 0 Å². The average molecular weight is 286 g/mol. The van der Waals surface area contributed by atoms with Crippen LogP contribution in [0.2, 0.25) is 0 Å². The number of thiophene rings is 1. The van der Waals surface area contributed by atoms with Crippen molar-refractivity contribution < 1.29 is 4.79 Å². The summed E-state index contributed by atoms with van der Waals surface area (Å²) < 4.78 is 0. The molecule has 1 aromatic carbocycles. The molecule has 0 saturated carbocycles. The second-order valence-electron chi connectivity index (χ2n) is 5.15. The molecule has 0 saturated heterocycles. The number of amides is 1. The van der Waals surface area contributed by atoms with Crippen LogP contribution in [0.5, 0.6) is 0 Å². The van der Waals surface area contributed by atoms with Crippen LogP contribution in [0.1, 0.15) is 27.3 Å². The highest BCUT2D eigenvalue weighted by molar-refractivity contribution is 7.11. The summed E-state index contributed by atoms with van der Waals surface area (Å²) in [6.07, 6.45) is 1.35. The molecule has 1 amide bonds. The monoisotopic (exact) mass is 286 g/mol. The number of fused-ring (bicyclic) bond motifs is 1. The number of nitrogens with one attached hydrogen (secondary N) is 2. The molecule has 1 aliphatic rings. The van der Waals surface area contributed by atoms with Gasteiger partial charge in [0.2, 0.25) is 5.91 Å². The van der Waals surface area contributed by atoms with E-state index in [0.29, 0.717) is 6.42 Å². The summed E-state index contributed by atoms with van der Waals surface area (Å²) in [6, 6.07) is 10.4. The molecule has 4 heteroatoms. The summed E-state index contributed by atoms with van der Waals surface area (Å²) in [5.74, 6) is 0.0851. The van der Waals surface area contributed by atoms with Crippen LogP contribution >= 0.6 is 11.3 Å². The number of hydrogen-bond donors (Lipinski definition) is 2. The summed E-state index contributed by atoms with van der Waals surface area (Å²) >= 11 is 1.76. The first-order chi connectivity index (χ1) is 9.70. The van der Waals surface area contributed by atoms with Crippen molar-refractivity contribution in [2.75, 3.05) is 5.32 Å². The number of hydrogen-bond acceptors (Lipinski definition) is 3. The molecule has 0 radical (unpaired) electrons. The van der Waals surface area contributed by atoms with Crippen LogP contribution in [0, 0.1) is 6.92 Å². The van der Waals surface area contributed by atoms with Gasteiger partial charge in [-0.05, 0) is 48.7 Å². The van der Waals surface area contributed by atoms with E-state index in [-0.39, 0.29) is 5.91 Å². The minimum atomic E-state index is 0.0851. The van der Waals surface area contributed by atoms with Gasteiger partial charge in [-0.15, -0.1) is 11.3 Å². The lowest BCUT2D eigenvalue weighted by Crippen LogP contribution is -2.12. The van der Waals surface area contributed by atoms with Crippen LogP contribution in [0.15, 0.2) is 30.3 Å².